The molecule has 18 N–H and O–H groups in total. The van der Waals surface area contributed by atoms with E-state index in [0.29, 0.717) is 0 Å². The van der Waals surface area contributed by atoms with E-state index in [1.54, 1.807) is 0 Å². The zero-order chi connectivity index (χ0) is 9.00. The topological polar surface area (TPSA) is 371 Å². The van der Waals surface area contributed by atoms with Crippen molar-refractivity contribution in [3.8, 4) is 0 Å². The van der Waals surface area contributed by atoms with E-state index >= 15 is 0 Å². The fourth-order valence-electron chi connectivity index (χ4n) is 0. The van der Waals surface area contributed by atoms with Crippen molar-refractivity contribution in [3.63, 3.8) is 0 Å². The summed E-state index contributed by atoms with van der Waals surface area (Å²) in [6.07, 6.45) is 0. The average Bonchev–Trinajstić information content (AvgIpc) is 1.12. The first-order valence-electron chi connectivity index (χ1n) is 1.33. The number of rotatable bonds is 0. The summed E-state index contributed by atoms with van der Waals surface area (Å²) in [7, 11) is -10.3. The molecule has 14 nitrogen and oxygen atoms in total. The van der Waals surface area contributed by atoms with E-state index < -0.39 is 20.8 Å². The van der Waals surface area contributed by atoms with Crippen molar-refractivity contribution in [3.05, 3.63) is 0 Å². The number of hydrogen-bond acceptors (Lipinski definition) is 14. The van der Waals surface area contributed by atoms with Gasteiger partial charge < -0.3 is 55.1 Å². The molecule has 0 spiro atoms. The molecule has 0 saturated heterocycles. The molecule has 128 valence electrons. The molecule has 0 bridgehead atoms. The van der Waals surface area contributed by atoms with Gasteiger partial charge in [0.2, 0.25) is 0 Å². The maximum absolute atomic E-state index is 8.52. The third kappa shape index (κ3) is 16700. The van der Waals surface area contributed by atoms with Gasteiger partial charge in [-0.3, -0.25) is 16.8 Å². The molecule has 0 rings (SSSR count). The van der Waals surface area contributed by atoms with Crippen LogP contribution in [0.2, 0.25) is 0 Å². The third-order valence-corrected chi connectivity index (χ3v) is 0. The Balaban J connectivity index is -0.00000000615. The van der Waals surface area contributed by atoms with Gasteiger partial charge in [-0.2, -0.15) is 0 Å². The van der Waals surface area contributed by atoms with Crippen molar-refractivity contribution in [2.75, 3.05) is 0 Å². The number of hydrogen-bond donors (Lipinski definition) is 6. The van der Waals surface area contributed by atoms with Crippen LogP contribution in [0.3, 0.4) is 0 Å². The first-order valence-corrected chi connectivity index (χ1v) is 4.00. The Kier molecular flexibility index (Phi) is 133. The van der Waals surface area contributed by atoms with Crippen molar-refractivity contribution in [2.45, 2.75) is 0 Å². The van der Waals surface area contributed by atoms with Crippen LogP contribution < -0.4 is 36.9 Å². The summed E-state index contributed by atoms with van der Waals surface area (Å²) in [5, 5.41) is 0. The van der Waals surface area contributed by atoms with Gasteiger partial charge in [0.15, 0.2) is 0 Å². The van der Waals surface area contributed by atoms with Gasteiger partial charge in [0.1, 0.15) is 0 Å². The van der Waals surface area contributed by atoms with Crippen LogP contribution in [0.5, 0.6) is 0 Å². The van der Waals surface area contributed by atoms with Gasteiger partial charge >= 0.3 is 33.0 Å². The Hall–Kier alpha value is 0.487. The SMILES string of the molecule is N.N.N.N.N.N.O=S(=O)([O-])[O-].O=S(=O)([O-])[O-].[Ni+2].[Ni+2]. The minimum atomic E-state index is -5.17. The van der Waals surface area contributed by atoms with Gasteiger partial charge in [-0.25, -0.2) is 0 Å². The molecule has 0 aromatic heterocycles. The van der Waals surface area contributed by atoms with Gasteiger partial charge in [-0.1, -0.05) is 0 Å². The molecule has 18 heavy (non-hydrogen) atoms. The van der Waals surface area contributed by atoms with Crippen molar-refractivity contribution in [1.29, 1.82) is 0 Å². The molecule has 0 unspecified atom stereocenters. The molecule has 0 radical (unpaired) electrons. The first-order chi connectivity index (χ1) is 4.00. The Labute approximate surface area is 126 Å². The maximum Gasteiger partial charge on any atom is 2.00 e. The summed E-state index contributed by atoms with van der Waals surface area (Å²) >= 11 is 0. The van der Waals surface area contributed by atoms with Gasteiger partial charge in [0.25, 0.3) is 0 Å². The van der Waals surface area contributed by atoms with Crippen LogP contribution in [0.15, 0.2) is 0 Å². The van der Waals surface area contributed by atoms with Crippen LogP contribution in [0.4, 0.5) is 0 Å². The molecular formula is H18N6Ni2O8S2. The molecule has 0 aliphatic rings. The van der Waals surface area contributed by atoms with Gasteiger partial charge in [0.05, 0.1) is 0 Å². The van der Waals surface area contributed by atoms with Crippen LogP contribution in [-0.4, -0.2) is 35.0 Å². The second-order valence-corrected chi connectivity index (χ2v) is 2.45. The van der Waals surface area contributed by atoms with Gasteiger partial charge in [-0.15, -0.1) is 0 Å². The largest absolute Gasteiger partial charge is 2.00 e. The Morgan fingerprint density at radius 1 is 0.444 bits per heavy atom. The van der Waals surface area contributed by atoms with Crippen LogP contribution in [-0.2, 0) is 53.8 Å². The minimum Gasteiger partial charge on any atom is -0.759 e. The monoisotopic (exact) mass is 410 g/mol. The Morgan fingerprint density at radius 3 is 0.444 bits per heavy atom. The van der Waals surface area contributed by atoms with E-state index in [9.17, 15) is 0 Å². The van der Waals surface area contributed by atoms with E-state index in [-0.39, 0.29) is 69.9 Å². The standard InChI is InChI=1S/6H3N.2Ni.2H2O4S/c;;;;;;;;2*1-5(2,3)4/h6*1H3;;;2*(H2,1,2,3,4)/q;;;;;;2*+2;;/p-4. The molecule has 0 aliphatic heterocycles. The minimum absolute atomic E-state index is 0. The molecule has 0 heterocycles. The first kappa shape index (κ1) is 78.5. The summed E-state index contributed by atoms with van der Waals surface area (Å²) < 4.78 is 68.2. The average molecular weight is 412 g/mol. The summed E-state index contributed by atoms with van der Waals surface area (Å²) in [5.41, 5.74) is 0. The molecule has 0 amide bonds. The van der Waals surface area contributed by atoms with E-state index in [1.165, 1.54) is 0 Å². The fraction of sp³-hybridized carbons (Fsp3) is 0. The Morgan fingerprint density at radius 2 is 0.444 bits per heavy atom. The molecule has 0 aromatic rings. The molecule has 0 fully saturated rings. The maximum atomic E-state index is 8.52. The van der Waals surface area contributed by atoms with Crippen molar-refractivity contribution < 1.29 is 68.0 Å². The zero-order valence-electron chi connectivity index (χ0n) is 8.96. The van der Waals surface area contributed by atoms with Crippen LogP contribution in [0.1, 0.15) is 0 Å². The quantitative estimate of drug-likeness (QED) is 0.147. The van der Waals surface area contributed by atoms with E-state index in [1.807, 2.05) is 0 Å². The summed E-state index contributed by atoms with van der Waals surface area (Å²) in [6.45, 7) is 0. The normalized spacial score (nSPS) is 6.44. The van der Waals surface area contributed by atoms with Crippen molar-refractivity contribution >= 4 is 20.8 Å². The van der Waals surface area contributed by atoms with Crippen LogP contribution >= 0.6 is 0 Å². The van der Waals surface area contributed by atoms with Crippen LogP contribution in [0.25, 0.3) is 0 Å². The van der Waals surface area contributed by atoms with E-state index in [2.05, 4.69) is 0 Å². The second-order valence-electron chi connectivity index (χ2n) is 0.816. The summed E-state index contributed by atoms with van der Waals surface area (Å²) in [4.78, 5) is 0. The predicted molar refractivity (Wildman–Crippen MR) is 51.1 cm³/mol. The third-order valence-electron chi connectivity index (χ3n) is 0. The molecule has 0 aliphatic carbocycles. The van der Waals surface area contributed by atoms with E-state index in [0.717, 1.165) is 0 Å². The zero-order valence-corrected chi connectivity index (χ0v) is 12.6. The molecular weight excluding hydrogens is 394 g/mol. The van der Waals surface area contributed by atoms with E-state index in [4.69, 9.17) is 35.0 Å². The summed E-state index contributed by atoms with van der Waals surface area (Å²) in [6, 6.07) is 0. The molecule has 0 aromatic carbocycles. The summed E-state index contributed by atoms with van der Waals surface area (Å²) in [5.74, 6) is 0. The van der Waals surface area contributed by atoms with Gasteiger partial charge in [-0.05, 0) is 0 Å². The molecule has 0 saturated carbocycles. The van der Waals surface area contributed by atoms with Crippen LogP contribution in [0, 0.1) is 0 Å². The van der Waals surface area contributed by atoms with Crippen molar-refractivity contribution in [2.24, 2.45) is 0 Å². The molecule has 18 heteroatoms. The molecule has 0 atom stereocenters. The van der Waals surface area contributed by atoms with Crippen molar-refractivity contribution in [1.82, 2.24) is 36.9 Å². The predicted octanol–water partition coefficient (Wildman–Crippen LogP) is -1.71. The second kappa shape index (κ2) is 30.5. The van der Waals surface area contributed by atoms with Gasteiger partial charge in [0, 0.05) is 20.8 Å². The fourth-order valence-corrected chi connectivity index (χ4v) is 0. The smallest absolute Gasteiger partial charge is 0.759 e. The Bertz CT molecular complexity index is 228.